The normalized spacial score (nSPS) is 14.2. The van der Waals surface area contributed by atoms with Gasteiger partial charge >= 0.3 is 0 Å². The third-order valence-electron chi connectivity index (χ3n) is 1.71. The fraction of sp³-hybridized carbons (Fsp3) is 0.364. The average Bonchev–Trinajstić information content (AvgIpc) is 2.19. The minimum Gasteiger partial charge on any atom is -0.493 e. The fourth-order valence-corrected chi connectivity index (χ4v) is 1.06. The number of benzene rings is 1. The van der Waals surface area contributed by atoms with Gasteiger partial charge in [0.1, 0.15) is 0 Å². The number of hydrogen-bond donors (Lipinski definition) is 0. The van der Waals surface area contributed by atoms with Gasteiger partial charge in [-0.05, 0) is 38.0 Å². The predicted octanol–water partition coefficient (Wildman–Crippen LogP) is 2.47. The third-order valence-corrected chi connectivity index (χ3v) is 1.71. The van der Waals surface area contributed by atoms with Crippen molar-refractivity contribution in [2.45, 2.75) is 13.3 Å². The maximum atomic E-state index is 7.04. The summed E-state index contributed by atoms with van der Waals surface area (Å²) in [6, 6.07) is 5.12. The van der Waals surface area contributed by atoms with Crippen LogP contribution in [-0.4, -0.2) is 13.6 Å². The second-order valence-corrected chi connectivity index (χ2v) is 2.57. The summed E-state index contributed by atoms with van der Waals surface area (Å²) in [5.41, 5.74) is 0.973. The van der Waals surface area contributed by atoms with Gasteiger partial charge in [0.15, 0.2) is 11.5 Å². The zero-order valence-corrected chi connectivity index (χ0v) is 7.67. The molecule has 1 aromatic rings. The molecule has 71 valence electrons. The molecule has 1 rings (SSSR count). The minimum atomic E-state index is -2.46. The molecule has 0 aliphatic carbocycles. The van der Waals surface area contributed by atoms with Crippen LogP contribution in [0, 0.1) is 6.92 Å². The molecule has 0 bridgehead atoms. The van der Waals surface area contributed by atoms with Crippen LogP contribution in [-0.2, 0) is 6.42 Å². The van der Waals surface area contributed by atoms with E-state index < -0.39 is 7.04 Å². The Balaban J connectivity index is 2.98. The van der Waals surface area contributed by atoms with Gasteiger partial charge in [-0.1, -0.05) is 6.07 Å². The van der Waals surface area contributed by atoms with Crippen molar-refractivity contribution < 1.29 is 13.6 Å². The van der Waals surface area contributed by atoms with Crippen molar-refractivity contribution in [1.29, 1.82) is 0 Å². The van der Waals surface area contributed by atoms with E-state index in [2.05, 4.69) is 6.92 Å². The fourth-order valence-electron chi connectivity index (χ4n) is 1.06. The van der Waals surface area contributed by atoms with Gasteiger partial charge in [0.05, 0.1) is 17.8 Å². The Morgan fingerprint density at radius 1 is 1.46 bits per heavy atom. The Kier molecular flexibility index (Phi) is 2.30. The quantitative estimate of drug-likeness (QED) is 0.712. The van der Waals surface area contributed by atoms with Gasteiger partial charge in [0.2, 0.25) is 0 Å². The van der Waals surface area contributed by atoms with Crippen molar-refractivity contribution in [2.75, 3.05) is 13.6 Å². The van der Waals surface area contributed by atoms with Crippen molar-refractivity contribution in [2.24, 2.45) is 0 Å². The maximum absolute atomic E-state index is 7.04. The molecule has 1 radical (unpaired) electrons. The van der Waals surface area contributed by atoms with Crippen LogP contribution < -0.4 is 9.47 Å². The van der Waals surface area contributed by atoms with Crippen LogP contribution in [0.1, 0.15) is 16.6 Å². The van der Waals surface area contributed by atoms with Crippen molar-refractivity contribution in [3.8, 4) is 11.5 Å². The molecule has 0 spiro atoms. The van der Waals surface area contributed by atoms with Crippen LogP contribution in [0.2, 0.25) is 0 Å². The van der Waals surface area contributed by atoms with E-state index in [0.29, 0.717) is 18.8 Å². The van der Waals surface area contributed by atoms with Crippen LogP contribution in [0.5, 0.6) is 11.5 Å². The highest BCUT2D eigenvalue weighted by Gasteiger charge is 2.03. The molecule has 0 saturated heterocycles. The van der Waals surface area contributed by atoms with Crippen molar-refractivity contribution >= 4 is 0 Å². The first kappa shape index (κ1) is 6.30. The molecular weight excluding hydrogens is 164 g/mol. The Hall–Kier alpha value is -1.18. The molecule has 0 amide bonds. The molecular formula is C11H15O2. The molecule has 0 N–H and O–H groups in total. The molecule has 0 unspecified atom stereocenters. The summed E-state index contributed by atoms with van der Waals surface area (Å²) in [5.74, 6) is 0.679. The van der Waals surface area contributed by atoms with Gasteiger partial charge < -0.3 is 9.47 Å². The Labute approximate surface area is 83.7 Å². The zero-order chi connectivity index (χ0) is 12.2. The van der Waals surface area contributed by atoms with E-state index >= 15 is 0 Å². The lowest BCUT2D eigenvalue weighted by Gasteiger charge is -2.09. The van der Waals surface area contributed by atoms with Gasteiger partial charge in [-0.15, -0.1) is 0 Å². The molecule has 2 nitrogen and oxygen atoms in total. The van der Waals surface area contributed by atoms with Crippen LogP contribution in [0.4, 0.5) is 0 Å². The Morgan fingerprint density at radius 3 is 2.92 bits per heavy atom. The Bertz CT molecular complexity index is 348. The second-order valence-electron chi connectivity index (χ2n) is 2.57. The minimum absolute atomic E-state index is 0.235. The number of ether oxygens (including phenoxy) is 2. The lowest BCUT2D eigenvalue weighted by molar-refractivity contribution is 0.310. The third kappa shape index (κ3) is 2.38. The maximum Gasteiger partial charge on any atom is 0.161 e. The van der Waals surface area contributed by atoms with Gasteiger partial charge in [0.25, 0.3) is 0 Å². The zero-order valence-electron chi connectivity index (χ0n) is 10.7. The van der Waals surface area contributed by atoms with Gasteiger partial charge in [-0.3, -0.25) is 0 Å². The van der Waals surface area contributed by atoms with E-state index in [-0.39, 0.29) is 5.75 Å². The average molecular weight is 182 g/mol. The highest BCUT2D eigenvalue weighted by Crippen LogP contribution is 2.27. The molecule has 0 aliphatic rings. The summed E-state index contributed by atoms with van der Waals surface area (Å²) in [6.07, 6.45) is 0.619. The molecule has 0 fully saturated rings. The lowest BCUT2D eigenvalue weighted by Crippen LogP contribution is -1.96. The van der Waals surface area contributed by atoms with Crippen LogP contribution in [0.15, 0.2) is 18.2 Å². The monoisotopic (exact) mass is 182 g/mol. The van der Waals surface area contributed by atoms with E-state index in [0.717, 1.165) is 5.56 Å². The Morgan fingerprint density at radius 2 is 2.31 bits per heavy atom. The highest BCUT2D eigenvalue weighted by molar-refractivity contribution is 5.43. The molecule has 0 aliphatic heterocycles. The first-order valence-electron chi connectivity index (χ1n) is 5.70. The van der Waals surface area contributed by atoms with Crippen LogP contribution in [0.3, 0.4) is 0 Å². The topological polar surface area (TPSA) is 18.5 Å². The highest BCUT2D eigenvalue weighted by atomic mass is 16.5. The summed E-state index contributed by atoms with van der Waals surface area (Å²) in [4.78, 5) is 0. The molecule has 0 heterocycles. The first-order valence-corrected chi connectivity index (χ1v) is 4.20. The van der Waals surface area contributed by atoms with Gasteiger partial charge in [0, 0.05) is 0 Å². The SMILES string of the molecule is [2H]C([2H])([2H])Oc1ccc(C[CH2])cc1OCC. The second kappa shape index (κ2) is 4.75. The smallest absolute Gasteiger partial charge is 0.161 e. The molecule has 0 aromatic heterocycles. The van der Waals surface area contributed by atoms with E-state index in [1.807, 2.05) is 6.92 Å². The van der Waals surface area contributed by atoms with Crippen LogP contribution in [0.25, 0.3) is 0 Å². The molecule has 0 saturated carbocycles. The molecule has 0 atom stereocenters. The summed E-state index contributed by atoms with van der Waals surface area (Å²) in [6.45, 7) is 6.04. The van der Waals surface area contributed by atoms with E-state index in [9.17, 15) is 0 Å². The molecule has 1 aromatic carbocycles. The number of hydrogen-bond acceptors (Lipinski definition) is 2. The first-order chi connectivity index (χ1) is 7.46. The number of methoxy groups -OCH3 is 1. The van der Waals surface area contributed by atoms with Crippen molar-refractivity contribution in [1.82, 2.24) is 0 Å². The largest absolute Gasteiger partial charge is 0.493 e. The van der Waals surface area contributed by atoms with Crippen molar-refractivity contribution in [3.63, 3.8) is 0 Å². The van der Waals surface area contributed by atoms with E-state index in [4.69, 9.17) is 13.6 Å². The number of rotatable bonds is 4. The standard InChI is InChI=1S/C11H15O2/c1-4-9-6-7-10(12-3)11(8-9)13-5-2/h6-8H,1,4-5H2,2-3H3/i3D3. The molecule has 2 heteroatoms. The van der Waals surface area contributed by atoms with E-state index in [1.165, 1.54) is 0 Å². The molecule has 13 heavy (non-hydrogen) atoms. The summed E-state index contributed by atoms with van der Waals surface area (Å²) in [5, 5.41) is 0. The summed E-state index contributed by atoms with van der Waals surface area (Å²) >= 11 is 0. The van der Waals surface area contributed by atoms with Gasteiger partial charge in [-0.25, -0.2) is 0 Å². The summed E-state index contributed by atoms with van der Waals surface area (Å²) < 4.78 is 31.3. The summed E-state index contributed by atoms with van der Waals surface area (Å²) in [7, 11) is -2.46. The van der Waals surface area contributed by atoms with Crippen LogP contribution >= 0.6 is 0 Å². The lowest BCUT2D eigenvalue weighted by atomic mass is 10.1. The van der Waals surface area contributed by atoms with E-state index in [1.54, 1.807) is 18.2 Å². The predicted molar refractivity (Wildman–Crippen MR) is 53.2 cm³/mol. The van der Waals surface area contributed by atoms with Crippen molar-refractivity contribution in [3.05, 3.63) is 30.7 Å². The van der Waals surface area contributed by atoms with Gasteiger partial charge in [-0.2, -0.15) is 0 Å².